The highest BCUT2D eigenvalue weighted by molar-refractivity contribution is 5.87. The Hall–Kier alpha value is -1.51. The van der Waals surface area contributed by atoms with E-state index >= 15 is 0 Å². The van der Waals surface area contributed by atoms with E-state index < -0.39 is 11.4 Å². The van der Waals surface area contributed by atoms with Crippen molar-refractivity contribution in [3.05, 3.63) is 29.3 Å². The molecule has 1 saturated carbocycles. The number of carbonyl (C=O) groups is 1. The minimum absolute atomic E-state index is 0.618. The number of hydrogen-bond donors (Lipinski definition) is 1. The van der Waals surface area contributed by atoms with Crippen molar-refractivity contribution in [3.8, 4) is 0 Å². The largest absolute Gasteiger partial charge is 0.481 e. The van der Waals surface area contributed by atoms with Gasteiger partial charge in [-0.25, -0.2) is 0 Å². The van der Waals surface area contributed by atoms with Gasteiger partial charge in [-0.3, -0.25) is 4.79 Å². The van der Waals surface area contributed by atoms with Crippen LogP contribution in [0.5, 0.6) is 0 Å². The number of benzene rings is 1. The quantitative estimate of drug-likeness (QED) is 0.847. The molecule has 0 amide bonds. The molecule has 0 aliphatic heterocycles. The van der Waals surface area contributed by atoms with Crippen molar-refractivity contribution in [3.63, 3.8) is 0 Å². The first-order valence-electron chi connectivity index (χ1n) is 5.49. The molecule has 1 aliphatic carbocycles. The molecule has 0 heterocycles. The van der Waals surface area contributed by atoms with E-state index in [1.165, 1.54) is 0 Å². The first-order valence-corrected chi connectivity index (χ1v) is 5.49. The van der Waals surface area contributed by atoms with Gasteiger partial charge in [-0.1, -0.05) is 12.1 Å². The summed E-state index contributed by atoms with van der Waals surface area (Å²) in [6.07, 6.45) is 1.51. The number of aliphatic carboxylic acids is 1. The predicted molar refractivity (Wildman–Crippen MR) is 64.1 cm³/mol. The topological polar surface area (TPSA) is 40.5 Å². The van der Waals surface area contributed by atoms with Crippen LogP contribution in [0.15, 0.2) is 18.2 Å². The maximum absolute atomic E-state index is 11.3. The fraction of sp³-hybridized carbons (Fsp3) is 0.462. The second-order valence-corrected chi connectivity index (χ2v) is 4.80. The summed E-state index contributed by atoms with van der Waals surface area (Å²) in [6.45, 7) is 2.02. The molecule has 0 spiro atoms. The van der Waals surface area contributed by atoms with Crippen LogP contribution >= 0.6 is 0 Å². The number of carboxylic acid groups (broad SMARTS) is 1. The van der Waals surface area contributed by atoms with E-state index in [0.717, 1.165) is 29.7 Å². The van der Waals surface area contributed by atoms with Crippen LogP contribution in [0.25, 0.3) is 0 Å². The lowest BCUT2D eigenvalue weighted by Gasteiger charge is -2.22. The lowest BCUT2D eigenvalue weighted by atomic mass is 9.93. The Morgan fingerprint density at radius 2 is 2.00 bits per heavy atom. The van der Waals surface area contributed by atoms with Crippen LogP contribution in [0.2, 0.25) is 0 Å². The van der Waals surface area contributed by atoms with Crippen LogP contribution < -0.4 is 4.90 Å². The van der Waals surface area contributed by atoms with E-state index in [1.807, 2.05) is 38.1 Å². The Morgan fingerprint density at radius 3 is 2.44 bits per heavy atom. The van der Waals surface area contributed by atoms with Gasteiger partial charge in [-0.05, 0) is 37.0 Å². The number of rotatable bonds is 3. The zero-order valence-electron chi connectivity index (χ0n) is 9.95. The molecule has 1 aromatic rings. The fourth-order valence-corrected chi connectivity index (χ4v) is 2.14. The number of hydrogen-bond acceptors (Lipinski definition) is 2. The van der Waals surface area contributed by atoms with Gasteiger partial charge in [-0.15, -0.1) is 0 Å². The van der Waals surface area contributed by atoms with Crippen LogP contribution in [-0.4, -0.2) is 25.2 Å². The van der Waals surface area contributed by atoms with Crippen LogP contribution in [-0.2, 0) is 10.2 Å². The van der Waals surface area contributed by atoms with Crippen molar-refractivity contribution in [1.82, 2.24) is 0 Å². The third-order valence-corrected chi connectivity index (χ3v) is 3.31. The second-order valence-electron chi connectivity index (χ2n) is 4.80. The zero-order valence-corrected chi connectivity index (χ0v) is 9.95. The number of aryl methyl sites for hydroxylation is 1. The molecule has 3 heteroatoms. The molecule has 0 radical (unpaired) electrons. The highest BCUT2D eigenvalue weighted by Crippen LogP contribution is 2.51. The van der Waals surface area contributed by atoms with E-state index in [4.69, 9.17) is 0 Å². The predicted octanol–water partition coefficient (Wildman–Crippen LogP) is 2.18. The molecule has 0 atom stereocenters. The lowest BCUT2D eigenvalue weighted by Crippen LogP contribution is -2.23. The first-order chi connectivity index (χ1) is 7.47. The highest BCUT2D eigenvalue weighted by atomic mass is 16.4. The molecule has 16 heavy (non-hydrogen) atoms. The number of anilines is 1. The van der Waals surface area contributed by atoms with Crippen molar-refractivity contribution in [1.29, 1.82) is 0 Å². The summed E-state index contributed by atoms with van der Waals surface area (Å²) in [5.41, 5.74) is 2.52. The van der Waals surface area contributed by atoms with Gasteiger partial charge in [-0.2, -0.15) is 0 Å². The van der Waals surface area contributed by atoms with E-state index in [9.17, 15) is 9.90 Å². The molecule has 3 nitrogen and oxygen atoms in total. The normalized spacial score (nSPS) is 16.9. The summed E-state index contributed by atoms with van der Waals surface area (Å²) in [5, 5.41) is 9.31. The first kappa shape index (κ1) is 11.0. The van der Waals surface area contributed by atoms with Crippen molar-refractivity contribution in [2.24, 2.45) is 0 Å². The maximum Gasteiger partial charge on any atom is 0.314 e. The van der Waals surface area contributed by atoms with Crippen molar-refractivity contribution in [2.45, 2.75) is 25.2 Å². The van der Waals surface area contributed by atoms with Crippen molar-refractivity contribution in [2.75, 3.05) is 19.0 Å². The van der Waals surface area contributed by atoms with Crippen LogP contribution in [0.3, 0.4) is 0 Å². The molecule has 1 N–H and O–H groups in total. The zero-order chi connectivity index (χ0) is 11.9. The van der Waals surface area contributed by atoms with Gasteiger partial charge < -0.3 is 10.0 Å². The standard InChI is InChI=1S/C13H17NO2/c1-9-4-5-10(11(8-9)14(2)3)13(6-7-13)12(15)16/h4-5,8H,6-7H2,1-3H3,(H,15,16). The van der Waals surface area contributed by atoms with Crippen molar-refractivity contribution < 1.29 is 9.90 Å². The molecular formula is C13H17NO2. The van der Waals surface area contributed by atoms with Crippen LogP contribution in [0, 0.1) is 6.92 Å². The summed E-state index contributed by atoms with van der Waals surface area (Å²) >= 11 is 0. The highest BCUT2D eigenvalue weighted by Gasteiger charge is 2.53. The Bertz CT molecular complexity index is 434. The summed E-state index contributed by atoms with van der Waals surface area (Å²) in [7, 11) is 3.91. The molecule has 1 aromatic carbocycles. The van der Waals surface area contributed by atoms with E-state index in [2.05, 4.69) is 6.07 Å². The summed E-state index contributed by atoms with van der Waals surface area (Å²) in [5.74, 6) is -0.695. The van der Waals surface area contributed by atoms with Gasteiger partial charge in [0.15, 0.2) is 0 Å². The molecule has 0 bridgehead atoms. The van der Waals surface area contributed by atoms with E-state index in [-0.39, 0.29) is 0 Å². The Kier molecular flexibility index (Phi) is 2.41. The number of nitrogens with zero attached hydrogens (tertiary/aromatic N) is 1. The molecule has 2 rings (SSSR count). The summed E-state index contributed by atoms with van der Waals surface area (Å²) in [4.78, 5) is 13.3. The van der Waals surface area contributed by atoms with Gasteiger partial charge in [0, 0.05) is 19.8 Å². The monoisotopic (exact) mass is 219 g/mol. The molecule has 1 aliphatic rings. The molecule has 0 saturated heterocycles. The minimum Gasteiger partial charge on any atom is -0.481 e. The van der Waals surface area contributed by atoms with Gasteiger partial charge in [0.25, 0.3) is 0 Å². The van der Waals surface area contributed by atoms with E-state index in [0.29, 0.717) is 0 Å². The van der Waals surface area contributed by atoms with E-state index in [1.54, 1.807) is 0 Å². The molecule has 0 unspecified atom stereocenters. The van der Waals surface area contributed by atoms with Crippen LogP contribution in [0.4, 0.5) is 5.69 Å². The average Bonchev–Trinajstić information content (AvgIpc) is 2.98. The van der Waals surface area contributed by atoms with Gasteiger partial charge >= 0.3 is 5.97 Å². The third kappa shape index (κ3) is 1.56. The molecule has 86 valence electrons. The van der Waals surface area contributed by atoms with Crippen molar-refractivity contribution >= 4 is 11.7 Å². The second kappa shape index (κ2) is 3.51. The summed E-state index contributed by atoms with van der Waals surface area (Å²) in [6, 6.07) is 6.01. The Morgan fingerprint density at radius 1 is 1.38 bits per heavy atom. The lowest BCUT2D eigenvalue weighted by molar-refractivity contribution is -0.140. The molecular weight excluding hydrogens is 202 g/mol. The Labute approximate surface area is 95.7 Å². The van der Waals surface area contributed by atoms with Crippen LogP contribution in [0.1, 0.15) is 24.0 Å². The Balaban J connectivity index is 2.53. The smallest absolute Gasteiger partial charge is 0.314 e. The maximum atomic E-state index is 11.3. The van der Waals surface area contributed by atoms with Gasteiger partial charge in [0.1, 0.15) is 0 Å². The van der Waals surface area contributed by atoms with Gasteiger partial charge in [0.2, 0.25) is 0 Å². The minimum atomic E-state index is -0.695. The summed E-state index contributed by atoms with van der Waals surface area (Å²) < 4.78 is 0. The SMILES string of the molecule is Cc1ccc(C2(C(=O)O)CC2)c(N(C)C)c1. The third-order valence-electron chi connectivity index (χ3n) is 3.31. The molecule has 1 fully saturated rings. The number of carboxylic acids is 1. The fourth-order valence-electron chi connectivity index (χ4n) is 2.14. The van der Waals surface area contributed by atoms with Gasteiger partial charge in [0.05, 0.1) is 5.41 Å². The average molecular weight is 219 g/mol. The molecule has 0 aromatic heterocycles.